The molecule has 0 spiro atoms. The fraction of sp³-hybridized carbons (Fsp3) is 0. The first kappa shape index (κ1) is 15.2. The molecule has 0 aliphatic rings. The van der Waals surface area contributed by atoms with Crippen LogP contribution in [0.5, 0.6) is 0 Å². The van der Waals surface area contributed by atoms with Crippen LogP contribution in [0.1, 0.15) is 20.7 Å². The molecule has 0 saturated heterocycles. The van der Waals surface area contributed by atoms with Crippen molar-refractivity contribution in [2.45, 2.75) is 0 Å². The molecule has 5 N–H and O–H groups in total. The summed E-state index contributed by atoms with van der Waals surface area (Å²) < 4.78 is 0. The van der Waals surface area contributed by atoms with Crippen molar-refractivity contribution < 1.29 is 9.59 Å². The molecule has 0 bridgehead atoms. The fourth-order valence-corrected chi connectivity index (χ4v) is 2.05. The van der Waals surface area contributed by atoms with Crippen LogP contribution < -0.4 is 16.8 Å². The smallest absolute Gasteiger partial charge is 0.255 e. The molecule has 2 rings (SSSR count). The number of hydrogen-bond acceptors (Lipinski definition) is 3. The van der Waals surface area contributed by atoms with E-state index in [0.717, 1.165) is 0 Å². The van der Waals surface area contributed by atoms with Crippen LogP contribution in [0, 0.1) is 0 Å². The number of nitrogens with one attached hydrogen (secondary N) is 1. The van der Waals surface area contributed by atoms with Gasteiger partial charge in [0.15, 0.2) is 0 Å². The van der Waals surface area contributed by atoms with Crippen LogP contribution in [0.15, 0.2) is 36.4 Å². The minimum absolute atomic E-state index is 0.129. The molecule has 5 nitrogen and oxygen atoms in total. The van der Waals surface area contributed by atoms with Gasteiger partial charge in [-0.3, -0.25) is 9.59 Å². The maximum Gasteiger partial charge on any atom is 0.255 e. The quantitative estimate of drug-likeness (QED) is 0.757. The SMILES string of the molecule is NC(=O)c1cc(NC(=O)c2ccc(N)c(Cl)c2)ccc1Cl. The molecule has 108 valence electrons. The number of anilines is 2. The van der Waals surface area contributed by atoms with Gasteiger partial charge in [-0.25, -0.2) is 0 Å². The minimum Gasteiger partial charge on any atom is -0.398 e. The number of halogens is 2. The Labute approximate surface area is 130 Å². The fourth-order valence-electron chi connectivity index (χ4n) is 1.66. The van der Waals surface area contributed by atoms with Crippen LogP contribution in [-0.2, 0) is 0 Å². The number of primary amides is 1. The Morgan fingerprint density at radius 2 is 1.71 bits per heavy atom. The third kappa shape index (κ3) is 3.45. The lowest BCUT2D eigenvalue weighted by atomic mass is 10.1. The van der Waals surface area contributed by atoms with Crippen molar-refractivity contribution in [3.8, 4) is 0 Å². The van der Waals surface area contributed by atoms with E-state index < -0.39 is 11.8 Å². The average Bonchev–Trinajstić information content (AvgIpc) is 2.43. The zero-order valence-corrected chi connectivity index (χ0v) is 12.2. The van der Waals surface area contributed by atoms with Gasteiger partial charge in [-0.1, -0.05) is 23.2 Å². The second kappa shape index (κ2) is 6.03. The number of nitrogens with two attached hydrogens (primary N) is 2. The molecule has 0 aromatic heterocycles. The zero-order chi connectivity index (χ0) is 15.6. The van der Waals surface area contributed by atoms with E-state index in [1.807, 2.05) is 0 Å². The van der Waals surface area contributed by atoms with E-state index in [0.29, 0.717) is 16.9 Å². The van der Waals surface area contributed by atoms with Crippen LogP contribution in [0.25, 0.3) is 0 Å². The van der Waals surface area contributed by atoms with Crippen LogP contribution >= 0.6 is 23.2 Å². The molecule has 7 heteroatoms. The molecule has 0 radical (unpaired) electrons. The molecular formula is C14H11Cl2N3O2. The Morgan fingerprint density at radius 1 is 1.00 bits per heavy atom. The highest BCUT2D eigenvalue weighted by atomic mass is 35.5. The number of carbonyl (C=O) groups is 2. The van der Waals surface area contributed by atoms with Crippen molar-refractivity contribution in [1.29, 1.82) is 0 Å². The Bertz CT molecular complexity index is 732. The Morgan fingerprint density at radius 3 is 2.33 bits per heavy atom. The highest BCUT2D eigenvalue weighted by Gasteiger charge is 2.11. The molecule has 0 aliphatic carbocycles. The van der Waals surface area contributed by atoms with Crippen LogP contribution in [0.3, 0.4) is 0 Å². The number of rotatable bonds is 3. The van der Waals surface area contributed by atoms with Crippen molar-refractivity contribution in [2.75, 3.05) is 11.1 Å². The number of nitrogen functional groups attached to an aromatic ring is 1. The molecular weight excluding hydrogens is 313 g/mol. The van der Waals surface area contributed by atoms with Crippen LogP contribution in [0.2, 0.25) is 10.0 Å². The van der Waals surface area contributed by atoms with Gasteiger partial charge in [0.05, 0.1) is 21.3 Å². The number of amides is 2. The third-order valence-corrected chi connectivity index (χ3v) is 3.41. The van der Waals surface area contributed by atoms with E-state index in [1.54, 1.807) is 12.1 Å². The van der Waals surface area contributed by atoms with Gasteiger partial charge >= 0.3 is 0 Å². The Kier molecular flexibility index (Phi) is 4.35. The van der Waals surface area contributed by atoms with Crippen molar-refractivity contribution in [3.05, 3.63) is 57.6 Å². The minimum atomic E-state index is -0.674. The molecule has 0 unspecified atom stereocenters. The third-order valence-electron chi connectivity index (χ3n) is 2.75. The maximum atomic E-state index is 12.1. The maximum absolute atomic E-state index is 12.1. The second-order valence-corrected chi connectivity index (χ2v) is 5.06. The summed E-state index contributed by atoms with van der Waals surface area (Å²) in [6.45, 7) is 0. The second-order valence-electron chi connectivity index (χ2n) is 4.25. The lowest BCUT2D eigenvalue weighted by molar-refractivity contribution is 0.0996. The summed E-state index contributed by atoms with van der Waals surface area (Å²) in [5.74, 6) is -1.07. The summed E-state index contributed by atoms with van der Waals surface area (Å²) in [5.41, 5.74) is 12.0. The van der Waals surface area contributed by atoms with Crippen LogP contribution in [0.4, 0.5) is 11.4 Å². The van der Waals surface area contributed by atoms with Gasteiger partial charge in [0.2, 0.25) is 5.91 Å². The van der Waals surface area contributed by atoms with E-state index in [1.165, 1.54) is 24.3 Å². The topological polar surface area (TPSA) is 98.2 Å². The number of carbonyl (C=O) groups excluding carboxylic acids is 2. The molecule has 2 amide bonds. The van der Waals surface area contributed by atoms with E-state index >= 15 is 0 Å². The van der Waals surface area contributed by atoms with E-state index in [-0.39, 0.29) is 15.6 Å². The standard InChI is InChI=1S/C14H11Cl2N3O2/c15-10-3-2-8(6-9(10)13(18)20)19-14(21)7-1-4-12(17)11(16)5-7/h1-6H,17H2,(H2,18,20)(H,19,21). The monoisotopic (exact) mass is 323 g/mol. The van der Waals surface area contributed by atoms with Crippen molar-refractivity contribution >= 4 is 46.4 Å². The van der Waals surface area contributed by atoms with Gasteiger partial charge in [-0.2, -0.15) is 0 Å². The molecule has 0 aliphatic heterocycles. The number of hydrogen-bond donors (Lipinski definition) is 3. The largest absolute Gasteiger partial charge is 0.398 e. The lowest BCUT2D eigenvalue weighted by Crippen LogP contribution is -2.15. The van der Waals surface area contributed by atoms with Crippen molar-refractivity contribution in [3.63, 3.8) is 0 Å². The van der Waals surface area contributed by atoms with Gasteiger partial charge in [-0.15, -0.1) is 0 Å². The highest BCUT2D eigenvalue weighted by molar-refractivity contribution is 6.34. The van der Waals surface area contributed by atoms with E-state index in [2.05, 4.69) is 5.32 Å². The molecule has 2 aromatic rings. The van der Waals surface area contributed by atoms with E-state index in [4.69, 9.17) is 34.7 Å². The predicted octanol–water partition coefficient (Wildman–Crippen LogP) is 2.93. The van der Waals surface area contributed by atoms with Crippen LogP contribution in [-0.4, -0.2) is 11.8 Å². The Balaban J connectivity index is 2.25. The van der Waals surface area contributed by atoms with Gasteiger partial charge in [0, 0.05) is 11.3 Å². The summed E-state index contributed by atoms with van der Waals surface area (Å²) in [7, 11) is 0. The molecule has 2 aromatic carbocycles. The van der Waals surface area contributed by atoms with Gasteiger partial charge in [0.25, 0.3) is 5.91 Å². The van der Waals surface area contributed by atoms with Gasteiger partial charge < -0.3 is 16.8 Å². The summed E-state index contributed by atoms with van der Waals surface area (Å²) in [5, 5.41) is 3.13. The van der Waals surface area contributed by atoms with Crippen molar-refractivity contribution in [1.82, 2.24) is 0 Å². The normalized spacial score (nSPS) is 10.2. The first-order chi connectivity index (χ1) is 9.88. The van der Waals surface area contributed by atoms with E-state index in [9.17, 15) is 9.59 Å². The first-order valence-corrected chi connectivity index (χ1v) is 6.60. The molecule has 0 atom stereocenters. The predicted molar refractivity (Wildman–Crippen MR) is 83.8 cm³/mol. The van der Waals surface area contributed by atoms with Gasteiger partial charge in [-0.05, 0) is 36.4 Å². The summed E-state index contributed by atoms with van der Waals surface area (Å²) in [6.07, 6.45) is 0. The lowest BCUT2D eigenvalue weighted by Gasteiger charge is -2.08. The summed E-state index contributed by atoms with van der Waals surface area (Å²) >= 11 is 11.7. The zero-order valence-electron chi connectivity index (χ0n) is 10.7. The summed E-state index contributed by atoms with van der Waals surface area (Å²) in [6, 6.07) is 8.98. The molecule has 0 heterocycles. The number of benzene rings is 2. The molecule has 21 heavy (non-hydrogen) atoms. The van der Waals surface area contributed by atoms with Crippen molar-refractivity contribution in [2.24, 2.45) is 5.73 Å². The molecule has 0 saturated carbocycles. The highest BCUT2D eigenvalue weighted by Crippen LogP contribution is 2.22. The first-order valence-electron chi connectivity index (χ1n) is 5.84. The summed E-state index contributed by atoms with van der Waals surface area (Å²) in [4.78, 5) is 23.3. The van der Waals surface area contributed by atoms with Gasteiger partial charge in [0.1, 0.15) is 0 Å². The Hall–Kier alpha value is -2.24. The molecule has 0 fully saturated rings. The average molecular weight is 324 g/mol.